The first-order valence-corrected chi connectivity index (χ1v) is 6.71. The van der Waals surface area contributed by atoms with Crippen molar-refractivity contribution in [3.8, 4) is 0 Å². The van der Waals surface area contributed by atoms with E-state index >= 15 is 0 Å². The quantitative estimate of drug-likeness (QED) is 0.252. The molecule has 1 atom stereocenters. The van der Waals surface area contributed by atoms with Crippen LogP contribution in [-0.2, 0) is 4.74 Å². The molecule has 1 aromatic heterocycles. The van der Waals surface area contributed by atoms with E-state index in [-0.39, 0.29) is 12.6 Å². The first-order chi connectivity index (χ1) is 9.63. The normalized spacial score (nSPS) is 11.1. The second-order valence-corrected chi connectivity index (χ2v) is 5.01. The van der Waals surface area contributed by atoms with Crippen LogP contribution in [0.4, 0.5) is 0 Å². The molecular weight excluding hydrogens is 377 g/mol. The van der Waals surface area contributed by atoms with Gasteiger partial charge in [-0.15, -0.1) is 0 Å². The van der Waals surface area contributed by atoms with Crippen LogP contribution >= 0.6 is 22.6 Å². The molecule has 1 N–H and O–H groups in total. The molecule has 0 spiro atoms. The predicted molar refractivity (Wildman–Crippen MR) is 78.3 cm³/mol. The Morgan fingerprint density at radius 3 is 3.00 bits per heavy atom. The number of ether oxygens (including phenoxy) is 1. The van der Waals surface area contributed by atoms with Gasteiger partial charge < -0.3 is 9.30 Å². The summed E-state index contributed by atoms with van der Waals surface area (Å²) in [5.74, 6) is -0.457. The fourth-order valence-electron chi connectivity index (χ4n) is 1.72. The van der Waals surface area contributed by atoms with Crippen LogP contribution in [-0.4, -0.2) is 30.7 Å². The average molecular weight is 390 g/mol. The first-order valence-electron chi connectivity index (χ1n) is 5.63. The number of hydrogen-bond acceptors (Lipinski definition) is 5. The van der Waals surface area contributed by atoms with Crippen LogP contribution in [0.2, 0.25) is 0 Å². The van der Waals surface area contributed by atoms with Gasteiger partial charge in [0.2, 0.25) is 4.91 Å². The minimum Gasteiger partial charge on any atom is -0.464 e. The van der Waals surface area contributed by atoms with Crippen molar-refractivity contribution >= 4 is 28.6 Å². The molecule has 20 heavy (non-hydrogen) atoms. The van der Waals surface area contributed by atoms with Crippen LogP contribution in [0.25, 0.3) is 10.4 Å². The number of hydrogen-bond donors (Lipinski definition) is 1. The van der Waals surface area contributed by atoms with Crippen LogP contribution in [0, 0.1) is 9.10 Å². The monoisotopic (exact) mass is 390 g/mol. The summed E-state index contributed by atoms with van der Waals surface area (Å²) in [7, 11) is 1.31. The van der Waals surface area contributed by atoms with Crippen molar-refractivity contribution in [1.82, 2.24) is 9.48 Å². The standard InChI is InChI=1S/C10H13IN7O2/c1-20-10(19)9-4-7(11)6-18(9)8(5-15-17-13)2-3-14-16-12/h4,6,8,12H,2-3,5H2,1H3/q+1/t8-/m0/s1. The number of aromatic nitrogens is 1. The van der Waals surface area contributed by atoms with E-state index in [1.54, 1.807) is 16.8 Å². The maximum absolute atomic E-state index is 11.7. The SMILES string of the molecule is COC(=O)c1cc(I)cn1[C@@H](CCN=[N+]=N)CN=[N+]=[N-]. The molecule has 0 amide bonds. The van der Waals surface area contributed by atoms with Gasteiger partial charge in [-0.2, -0.15) is 0 Å². The molecule has 0 aliphatic carbocycles. The lowest BCUT2D eigenvalue weighted by Gasteiger charge is -2.17. The van der Waals surface area contributed by atoms with Gasteiger partial charge in [0, 0.05) is 27.3 Å². The van der Waals surface area contributed by atoms with Gasteiger partial charge in [-0.1, -0.05) is 5.11 Å². The van der Waals surface area contributed by atoms with Gasteiger partial charge >= 0.3 is 5.97 Å². The summed E-state index contributed by atoms with van der Waals surface area (Å²) in [6.45, 7) is 0.489. The minimum absolute atomic E-state index is 0.179. The molecule has 0 aliphatic rings. The summed E-state index contributed by atoms with van der Waals surface area (Å²) in [4.78, 5) is 17.4. The van der Waals surface area contributed by atoms with Crippen LogP contribution < -0.4 is 4.91 Å². The summed E-state index contributed by atoms with van der Waals surface area (Å²) in [5, 5.41) is 7.12. The van der Waals surface area contributed by atoms with Gasteiger partial charge in [0.15, 0.2) is 0 Å². The minimum atomic E-state index is -0.457. The van der Waals surface area contributed by atoms with E-state index in [1.165, 1.54) is 7.11 Å². The fourth-order valence-corrected chi connectivity index (χ4v) is 2.32. The predicted octanol–water partition coefficient (Wildman–Crippen LogP) is 2.67. The molecule has 0 bridgehead atoms. The Kier molecular flexibility index (Phi) is 6.71. The fraction of sp³-hybridized carbons (Fsp3) is 0.500. The van der Waals surface area contributed by atoms with Gasteiger partial charge in [-0.05, 0) is 40.6 Å². The highest BCUT2D eigenvalue weighted by Crippen LogP contribution is 2.21. The van der Waals surface area contributed by atoms with Crippen LogP contribution in [0.1, 0.15) is 23.0 Å². The molecule has 0 saturated carbocycles. The third-order valence-electron chi connectivity index (χ3n) is 2.59. The summed E-state index contributed by atoms with van der Waals surface area (Å²) >= 11 is 2.09. The highest BCUT2D eigenvalue weighted by molar-refractivity contribution is 14.1. The Balaban J connectivity index is 3.07. The third-order valence-corrected chi connectivity index (χ3v) is 3.18. The molecule has 0 aromatic carbocycles. The zero-order chi connectivity index (χ0) is 15.0. The van der Waals surface area contributed by atoms with E-state index in [4.69, 9.17) is 15.8 Å². The Hall–Kier alpha value is -1.90. The summed E-state index contributed by atoms with van der Waals surface area (Å²) in [6, 6.07) is 1.45. The highest BCUT2D eigenvalue weighted by atomic mass is 127. The van der Waals surface area contributed by atoms with Crippen LogP contribution in [0.15, 0.2) is 22.5 Å². The number of azide groups is 1. The van der Waals surface area contributed by atoms with Crippen LogP contribution in [0.5, 0.6) is 0 Å². The topological polar surface area (TPSA) is 130 Å². The Morgan fingerprint density at radius 2 is 2.40 bits per heavy atom. The lowest BCUT2D eigenvalue weighted by atomic mass is 10.2. The Bertz CT molecular complexity index is 572. The number of nitrogens with one attached hydrogen (secondary N) is 1. The number of halogens is 1. The van der Waals surface area contributed by atoms with Gasteiger partial charge in [0.05, 0.1) is 7.11 Å². The number of nitrogens with zero attached hydrogens (tertiary/aromatic N) is 6. The zero-order valence-electron chi connectivity index (χ0n) is 10.7. The molecule has 9 nitrogen and oxygen atoms in total. The molecule has 0 saturated heterocycles. The maximum atomic E-state index is 11.7. The third kappa shape index (κ3) is 4.34. The van der Waals surface area contributed by atoms with Gasteiger partial charge in [-0.3, -0.25) is 0 Å². The molecule has 10 heteroatoms. The van der Waals surface area contributed by atoms with E-state index in [9.17, 15) is 4.79 Å². The first kappa shape index (κ1) is 16.2. The molecule has 106 valence electrons. The van der Waals surface area contributed by atoms with Crippen molar-refractivity contribution in [3.05, 3.63) is 32.0 Å². The second kappa shape index (κ2) is 8.31. The van der Waals surface area contributed by atoms with E-state index in [0.29, 0.717) is 18.7 Å². The van der Waals surface area contributed by atoms with E-state index in [1.807, 2.05) is 0 Å². The maximum Gasteiger partial charge on any atom is 0.354 e. The molecule has 0 radical (unpaired) electrons. The second-order valence-electron chi connectivity index (χ2n) is 3.76. The Morgan fingerprint density at radius 1 is 1.65 bits per heavy atom. The van der Waals surface area contributed by atoms with Crippen molar-refractivity contribution in [1.29, 1.82) is 5.53 Å². The smallest absolute Gasteiger partial charge is 0.354 e. The van der Waals surface area contributed by atoms with Crippen molar-refractivity contribution in [3.63, 3.8) is 0 Å². The lowest BCUT2D eigenvalue weighted by molar-refractivity contribution is 0.0586. The molecule has 0 aliphatic heterocycles. The van der Waals surface area contributed by atoms with E-state index in [2.05, 4.69) is 42.6 Å². The molecule has 1 heterocycles. The number of carbonyl (C=O) groups excluding carboxylic acids is 1. The average Bonchev–Trinajstić information content (AvgIpc) is 2.83. The largest absolute Gasteiger partial charge is 0.464 e. The molecule has 0 unspecified atom stereocenters. The molecule has 0 fully saturated rings. The van der Waals surface area contributed by atoms with E-state index < -0.39 is 5.97 Å². The summed E-state index contributed by atoms with van der Waals surface area (Å²) < 4.78 is 7.31. The highest BCUT2D eigenvalue weighted by Gasteiger charge is 2.20. The molecular formula is C10H13IN7O2+. The van der Waals surface area contributed by atoms with Gasteiger partial charge in [0.1, 0.15) is 22.9 Å². The summed E-state index contributed by atoms with van der Waals surface area (Å²) in [6.07, 6.45) is 2.28. The number of methoxy groups -OCH3 is 1. The van der Waals surface area contributed by atoms with Gasteiger partial charge in [-0.25, -0.2) is 4.79 Å². The molecule has 1 aromatic rings. The van der Waals surface area contributed by atoms with E-state index in [0.717, 1.165) is 3.57 Å². The summed E-state index contributed by atoms with van der Waals surface area (Å²) in [5.41, 5.74) is 15.5. The van der Waals surface area contributed by atoms with Crippen molar-refractivity contribution in [2.75, 3.05) is 20.2 Å². The molecule has 1 rings (SSSR count). The van der Waals surface area contributed by atoms with Crippen molar-refractivity contribution in [2.45, 2.75) is 12.5 Å². The Labute approximate surface area is 128 Å². The lowest BCUT2D eigenvalue weighted by Crippen LogP contribution is -2.18. The van der Waals surface area contributed by atoms with Gasteiger partial charge in [0.25, 0.3) is 0 Å². The number of esters is 1. The van der Waals surface area contributed by atoms with Crippen molar-refractivity contribution < 1.29 is 9.53 Å². The van der Waals surface area contributed by atoms with Crippen molar-refractivity contribution in [2.24, 2.45) is 10.2 Å². The number of rotatable bonds is 7. The number of carbonyl (C=O) groups is 1. The zero-order valence-corrected chi connectivity index (χ0v) is 12.9. The van der Waals surface area contributed by atoms with Crippen LogP contribution in [0.3, 0.4) is 0 Å².